The molecule has 0 spiro atoms. The average molecular weight is 272 g/mol. The minimum absolute atomic E-state index is 0.167. The maximum Gasteiger partial charge on any atom is 0.124 e. The summed E-state index contributed by atoms with van der Waals surface area (Å²) in [5, 5.41) is 7.75. The predicted octanol–water partition coefficient (Wildman–Crippen LogP) is 1.81. The molecule has 3 rings (SSSR count). The quantitative estimate of drug-likeness (QED) is 0.649. The lowest BCUT2D eigenvalue weighted by Crippen LogP contribution is -2.47. The SMILES string of the molecule is Cc1ccc(C(=N)N)c(N2CCN(CC3CC3)CC2)c1. The summed E-state index contributed by atoms with van der Waals surface area (Å²) in [4.78, 5) is 4.96. The van der Waals surface area contributed by atoms with E-state index >= 15 is 0 Å². The second-order valence-corrected chi connectivity index (χ2v) is 6.17. The normalized spacial score (nSPS) is 20.1. The molecule has 2 aliphatic rings. The van der Waals surface area contributed by atoms with E-state index in [0.717, 1.165) is 43.3 Å². The molecular formula is C16H24N4. The highest BCUT2D eigenvalue weighted by molar-refractivity contribution is 6.00. The Bertz CT molecular complexity index is 499. The number of anilines is 1. The zero-order valence-corrected chi connectivity index (χ0v) is 12.2. The van der Waals surface area contributed by atoms with E-state index in [0.29, 0.717) is 0 Å². The van der Waals surface area contributed by atoms with Gasteiger partial charge >= 0.3 is 0 Å². The van der Waals surface area contributed by atoms with Gasteiger partial charge in [-0.15, -0.1) is 0 Å². The van der Waals surface area contributed by atoms with Gasteiger partial charge in [-0.3, -0.25) is 10.3 Å². The lowest BCUT2D eigenvalue weighted by atomic mass is 10.1. The topological polar surface area (TPSA) is 56.4 Å². The van der Waals surface area contributed by atoms with Gasteiger partial charge in [-0.1, -0.05) is 6.07 Å². The highest BCUT2D eigenvalue weighted by Crippen LogP contribution is 2.30. The van der Waals surface area contributed by atoms with Gasteiger partial charge < -0.3 is 10.6 Å². The van der Waals surface area contributed by atoms with Crippen molar-refractivity contribution in [1.82, 2.24) is 4.90 Å². The van der Waals surface area contributed by atoms with E-state index in [2.05, 4.69) is 22.8 Å². The maximum atomic E-state index is 7.75. The van der Waals surface area contributed by atoms with E-state index in [9.17, 15) is 0 Å². The van der Waals surface area contributed by atoms with Gasteiger partial charge in [-0.05, 0) is 43.4 Å². The van der Waals surface area contributed by atoms with Crippen LogP contribution in [0, 0.1) is 18.3 Å². The van der Waals surface area contributed by atoms with Gasteiger partial charge in [0.25, 0.3) is 0 Å². The predicted molar refractivity (Wildman–Crippen MR) is 83.6 cm³/mol. The molecule has 1 saturated heterocycles. The molecule has 0 bridgehead atoms. The van der Waals surface area contributed by atoms with E-state index in [-0.39, 0.29) is 5.84 Å². The van der Waals surface area contributed by atoms with Gasteiger partial charge in [0, 0.05) is 44.0 Å². The van der Waals surface area contributed by atoms with Crippen LogP contribution in [0.25, 0.3) is 0 Å². The van der Waals surface area contributed by atoms with Crippen molar-refractivity contribution in [3.8, 4) is 0 Å². The van der Waals surface area contributed by atoms with Crippen LogP contribution in [0.1, 0.15) is 24.0 Å². The monoisotopic (exact) mass is 272 g/mol. The molecule has 0 radical (unpaired) electrons. The van der Waals surface area contributed by atoms with Gasteiger partial charge in [0.1, 0.15) is 5.84 Å². The molecule has 1 aromatic rings. The third-order valence-corrected chi connectivity index (χ3v) is 4.37. The molecule has 20 heavy (non-hydrogen) atoms. The van der Waals surface area contributed by atoms with Crippen molar-refractivity contribution in [3.63, 3.8) is 0 Å². The van der Waals surface area contributed by atoms with Crippen LogP contribution in [0.5, 0.6) is 0 Å². The van der Waals surface area contributed by atoms with Crippen LogP contribution in [-0.4, -0.2) is 43.5 Å². The van der Waals surface area contributed by atoms with E-state index in [1.54, 1.807) is 0 Å². The number of nitrogens with zero attached hydrogens (tertiary/aromatic N) is 2. The Balaban J connectivity index is 1.70. The maximum absolute atomic E-state index is 7.75. The van der Waals surface area contributed by atoms with Crippen LogP contribution in [0.2, 0.25) is 0 Å². The fourth-order valence-electron chi connectivity index (χ4n) is 2.97. The van der Waals surface area contributed by atoms with Crippen molar-refractivity contribution in [3.05, 3.63) is 29.3 Å². The molecular weight excluding hydrogens is 248 g/mol. The number of rotatable bonds is 4. The number of hydrogen-bond donors (Lipinski definition) is 2. The molecule has 4 nitrogen and oxygen atoms in total. The molecule has 3 N–H and O–H groups in total. The van der Waals surface area contributed by atoms with Crippen molar-refractivity contribution < 1.29 is 0 Å². The zero-order chi connectivity index (χ0) is 14.1. The molecule has 1 heterocycles. The lowest BCUT2D eigenvalue weighted by molar-refractivity contribution is 0.248. The molecule has 1 saturated carbocycles. The molecule has 0 amide bonds. The Hall–Kier alpha value is -1.55. The summed E-state index contributed by atoms with van der Waals surface area (Å²) in [6.07, 6.45) is 2.85. The first-order chi connectivity index (χ1) is 9.63. The van der Waals surface area contributed by atoms with Crippen LogP contribution in [0.3, 0.4) is 0 Å². The van der Waals surface area contributed by atoms with Crippen molar-refractivity contribution in [2.45, 2.75) is 19.8 Å². The number of piperazine rings is 1. The first-order valence-corrected chi connectivity index (χ1v) is 7.56. The van der Waals surface area contributed by atoms with Crippen LogP contribution in [-0.2, 0) is 0 Å². The Labute approximate surface area is 121 Å². The van der Waals surface area contributed by atoms with Crippen LogP contribution >= 0.6 is 0 Å². The number of nitrogen functional groups attached to an aromatic ring is 1. The summed E-state index contributed by atoms with van der Waals surface area (Å²) in [7, 11) is 0. The van der Waals surface area contributed by atoms with Gasteiger partial charge in [0.05, 0.1) is 0 Å². The number of amidine groups is 1. The molecule has 2 fully saturated rings. The Kier molecular flexibility index (Phi) is 3.66. The lowest BCUT2D eigenvalue weighted by Gasteiger charge is -2.37. The van der Waals surface area contributed by atoms with E-state index in [4.69, 9.17) is 11.1 Å². The number of aryl methyl sites for hydroxylation is 1. The largest absolute Gasteiger partial charge is 0.384 e. The molecule has 0 atom stereocenters. The molecule has 0 unspecified atom stereocenters. The smallest absolute Gasteiger partial charge is 0.124 e. The molecule has 1 aromatic carbocycles. The third kappa shape index (κ3) is 2.96. The average Bonchev–Trinajstić information content (AvgIpc) is 3.23. The van der Waals surface area contributed by atoms with Crippen LogP contribution < -0.4 is 10.6 Å². The molecule has 108 valence electrons. The van der Waals surface area contributed by atoms with Gasteiger partial charge in [0.2, 0.25) is 0 Å². The fraction of sp³-hybridized carbons (Fsp3) is 0.562. The molecule has 4 heteroatoms. The fourth-order valence-corrected chi connectivity index (χ4v) is 2.97. The summed E-state index contributed by atoms with van der Waals surface area (Å²) in [5.41, 5.74) is 8.94. The van der Waals surface area contributed by atoms with E-state index in [1.807, 2.05) is 12.1 Å². The third-order valence-electron chi connectivity index (χ3n) is 4.37. The second-order valence-electron chi connectivity index (χ2n) is 6.17. The standard InChI is InChI=1S/C16H24N4/c1-12-2-5-14(16(17)18)15(10-12)20-8-6-19(7-9-20)11-13-3-4-13/h2,5,10,13H,3-4,6-9,11H2,1H3,(H3,17,18). The van der Waals surface area contributed by atoms with Gasteiger partial charge in [-0.2, -0.15) is 0 Å². The molecule has 0 aromatic heterocycles. The summed E-state index contributed by atoms with van der Waals surface area (Å²) in [5.74, 6) is 1.13. The van der Waals surface area contributed by atoms with Gasteiger partial charge in [-0.25, -0.2) is 0 Å². The molecule has 1 aliphatic heterocycles. The first kappa shape index (κ1) is 13.4. The summed E-state index contributed by atoms with van der Waals surface area (Å²) in [6, 6.07) is 6.17. The highest BCUT2D eigenvalue weighted by atomic mass is 15.3. The van der Waals surface area contributed by atoms with Crippen molar-refractivity contribution in [2.75, 3.05) is 37.6 Å². The number of hydrogen-bond acceptors (Lipinski definition) is 3. The molecule has 1 aliphatic carbocycles. The van der Waals surface area contributed by atoms with E-state index < -0.39 is 0 Å². The summed E-state index contributed by atoms with van der Waals surface area (Å²) >= 11 is 0. The van der Waals surface area contributed by atoms with Crippen molar-refractivity contribution in [2.24, 2.45) is 11.7 Å². The number of nitrogens with two attached hydrogens (primary N) is 1. The van der Waals surface area contributed by atoms with Crippen LogP contribution in [0.4, 0.5) is 5.69 Å². The van der Waals surface area contributed by atoms with Crippen molar-refractivity contribution in [1.29, 1.82) is 5.41 Å². The first-order valence-electron chi connectivity index (χ1n) is 7.56. The van der Waals surface area contributed by atoms with Crippen molar-refractivity contribution >= 4 is 11.5 Å². The second kappa shape index (κ2) is 5.44. The summed E-state index contributed by atoms with van der Waals surface area (Å²) < 4.78 is 0. The zero-order valence-electron chi connectivity index (χ0n) is 12.2. The number of benzene rings is 1. The highest BCUT2D eigenvalue weighted by Gasteiger charge is 2.27. The Morgan fingerprint density at radius 2 is 1.95 bits per heavy atom. The number of nitrogens with one attached hydrogen (secondary N) is 1. The summed E-state index contributed by atoms with van der Waals surface area (Å²) in [6.45, 7) is 7.70. The van der Waals surface area contributed by atoms with Gasteiger partial charge in [0.15, 0.2) is 0 Å². The van der Waals surface area contributed by atoms with Crippen LogP contribution in [0.15, 0.2) is 18.2 Å². The minimum atomic E-state index is 0.167. The van der Waals surface area contributed by atoms with E-state index in [1.165, 1.54) is 24.9 Å². The Morgan fingerprint density at radius 1 is 1.25 bits per heavy atom. The Morgan fingerprint density at radius 3 is 2.55 bits per heavy atom. The minimum Gasteiger partial charge on any atom is -0.384 e.